The van der Waals surface area contributed by atoms with Gasteiger partial charge < -0.3 is 9.84 Å². The van der Waals surface area contributed by atoms with Gasteiger partial charge in [0, 0.05) is 16.8 Å². The minimum Gasteiger partial charge on any atom is -0.507 e. The number of phenols is 1. The van der Waals surface area contributed by atoms with Crippen molar-refractivity contribution in [3.63, 3.8) is 0 Å². The largest absolute Gasteiger partial charge is 0.507 e. The molecule has 0 amide bonds. The Kier molecular flexibility index (Phi) is 3.56. The average Bonchev–Trinajstić information content (AvgIpc) is 2.41. The molecule has 0 aromatic heterocycles. The van der Waals surface area contributed by atoms with Crippen molar-refractivity contribution >= 4 is 16.7 Å². The van der Waals surface area contributed by atoms with Crippen molar-refractivity contribution in [2.75, 3.05) is 0 Å². The van der Waals surface area contributed by atoms with Crippen LogP contribution in [0.15, 0.2) is 36.9 Å². The van der Waals surface area contributed by atoms with Crippen molar-refractivity contribution in [3.05, 3.63) is 48.0 Å². The predicted molar refractivity (Wildman–Crippen MR) is 75.6 cm³/mol. The number of benzene rings is 2. The SMILES string of the molecule is C=CC(=O)Oc1c(CC)cc(O)c2cc(C)ccc12. The van der Waals surface area contributed by atoms with E-state index < -0.39 is 5.97 Å². The Labute approximate surface area is 112 Å². The van der Waals surface area contributed by atoms with Gasteiger partial charge in [0.15, 0.2) is 0 Å². The second-order valence-electron chi connectivity index (χ2n) is 4.41. The summed E-state index contributed by atoms with van der Waals surface area (Å²) in [5.74, 6) is 0.205. The highest BCUT2D eigenvalue weighted by atomic mass is 16.5. The van der Waals surface area contributed by atoms with Gasteiger partial charge in [-0.05, 0) is 31.0 Å². The van der Waals surface area contributed by atoms with E-state index in [4.69, 9.17) is 4.74 Å². The Morgan fingerprint density at radius 2 is 2.11 bits per heavy atom. The molecule has 98 valence electrons. The van der Waals surface area contributed by atoms with Crippen LogP contribution in [0.5, 0.6) is 11.5 Å². The van der Waals surface area contributed by atoms with Gasteiger partial charge in [0.05, 0.1) is 0 Å². The average molecular weight is 256 g/mol. The molecule has 3 heteroatoms. The van der Waals surface area contributed by atoms with Gasteiger partial charge in [-0.3, -0.25) is 0 Å². The number of carbonyl (C=O) groups excluding carboxylic acids is 1. The van der Waals surface area contributed by atoms with Crippen LogP contribution in [0, 0.1) is 6.92 Å². The molecule has 0 heterocycles. The molecule has 0 atom stereocenters. The fraction of sp³-hybridized carbons (Fsp3) is 0.188. The highest BCUT2D eigenvalue weighted by Gasteiger charge is 2.14. The molecule has 19 heavy (non-hydrogen) atoms. The van der Waals surface area contributed by atoms with E-state index in [-0.39, 0.29) is 5.75 Å². The van der Waals surface area contributed by atoms with E-state index >= 15 is 0 Å². The van der Waals surface area contributed by atoms with Crippen molar-refractivity contribution in [2.45, 2.75) is 20.3 Å². The van der Waals surface area contributed by atoms with Gasteiger partial charge in [-0.15, -0.1) is 0 Å². The van der Waals surface area contributed by atoms with Crippen LogP contribution < -0.4 is 4.74 Å². The second kappa shape index (κ2) is 5.14. The van der Waals surface area contributed by atoms with Crippen LogP contribution in [0.25, 0.3) is 10.8 Å². The topological polar surface area (TPSA) is 46.5 Å². The molecule has 2 aromatic rings. The molecule has 0 saturated carbocycles. The number of carbonyl (C=O) groups is 1. The number of aryl methyl sites for hydroxylation is 2. The second-order valence-corrected chi connectivity index (χ2v) is 4.41. The minimum atomic E-state index is -0.498. The van der Waals surface area contributed by atoms with Crippen LogP contribution in [0.3, 0.4) is 0 Å². The fourth-order valence-corrected chi connectivity index (χ4v) is 2.07. The van der Waals surface area contributed by atoms with Crippen LogP contribution in [0.4, 0.5) is 0 Å². The van der Waals surface area contributed by atoms with Crippen molar-refractivity contribution in [1.82, 2.24) is 0 Å². The van der Waals surface area contributed by atoms with Crippen molar-refractivity contribution in [3.8, 4) is 11.5 Å². The molecular formula is C16H16O3. The normalized spacial score (nSPS) is 10.4. The summed E-state index contributed by atoms with van der Waals surface area (Å²) in [6.07, 6.45) is 1.80. The lowest BCUT2D eigenvalue weighted by molar-refractivity contribution is -0.128. The monoisotopic (exact) mass is 256 g/mol. The van der Waals surface area contributed by atoms with E-state index in [0.29, 0.717) is 17.6 Å². The van der Waals surface area contributed by atoms with Gasteiger partial charge in [-0.1, -0.05) is 31.2 Å². The lowest BCUT2D eigenvalue weighted by atomic mass is 10.0. The number of aromatic hydroxyl groups is 1. The maximum Gasteiger partial charge on any atom is 0.335 e. The molecular weight excluding hydrogens is 240 g/mol. The number of fused-ring (bicyclic) bond motifs is 1. The van der Waals surface area contributed by atoms with Crippen LogP contribution in [0.1, 0.15) is 18.1 Å². The first-order valence-corrected chi connectivity index (χ1v) is 6.16. The molecule has 1 N–H and O–H groups in total. The van der Waals surface area contributed by atoms with E-state index in [1.165, 1.54) is 0 Å². The smallest absolute Gasteiger partial charge is 0.335 e. The minimum absolute atomic E-state index is 0.203. The summed E-state index contributed by atoms with van der Waals surface area (Å²) in [4.78, 5) is 11.4. The predicted octanol–water partition coefficient (Wildman–Crippen LogP) is 3.51. The first kappa shape index (κ1) is 13.1. The number of hydrogen-bond donors (Lipinski definition) is 1. The van der Waals surface area contributed by atoms with Crippen molar-refractivity contribution in [1.29, 1.82) is 0 Å². The number of esters is 1. The van der Waals surface area contributed by atoms with Crippen LogP contribution >= 0.6 is 0 Å². The maximum absolute atomic E-state index is 11.4. The highest BCUT2D eigenvalue weighted by Crippen LogP contribution is 2.37. The third kappa shape index (κ3) is 2.45. The van der Waals surface area contributed by atoms with E-state index in [2.05, 4.69) is 6.58 Å². The van der Waals surface area contributed by atoms with Crippen LogP contribution in [-0.2, 0) is 11.2 Å². The summed E-state index contributed by atoms with van der Waals surface area (Å²) in [5.41, 5.74) is 1.83. The van der Waals surface area contributed by atoms with E-state index in [9.17, 15) is 9.90 Å². The molecule has 0 bridgehead atoms. The molecule has 0 aliphatic carbocycles. The summed E-state index contributed by atoms with van der Waals surface area (Å²) in [5, 5.41) is 11.5. The lowest BCUT2D eigenvalue weighted by Crippen LogP contribution is -2.06. The molecule has 3 nitrogen and oxygen atoms in total. The Morgan fingerprint density at radius 1 is 1.37 bits per heavy atom. The summed E-state index contributed by atoms with van der Waals surface area (Å²) in [7, 11) is 0. The van der Waals surface area contributed by atoms with Gasteiger partial charge in [0.1, 0.15) is 11.5 Å². The van der Waals surface area contributed by atoms with E-state index in [1.807, 2.05) is 32.0 Å². The Balaban J connectivity index is 2.74. The number of hydrogen-bond acceptors (Lipinski definition) is 3. The van der Waals surface area contributed by atoms with Crippen molar-refractivity contribution < 1.29 is 14.6 Å². The summed E-state index contributed by atoms with van der Waals surface area (Å²) in [6.45, 7) is 7.29. The third-order valence-corrected chi connectivity index (χ3v) is 3.05. The van der Waals surface area contributed by atoms with Gasteiger partial charge in [0.2, 0.25) is 0 Å². The Bertz CT molecular complexity index is 657. The number of rotatable bonds is 3. The Hall–Kier alpha value is -2.29. The molecule has 0 aliphatic heterocycles. The number of phenolic OH excluding ortho intramolecular Hbond substituents is 1. The molecule has 0 spiro atoms. The van der Waals surface area contributed by atoms with Gasteiger partial charge in [0.25, 0.3) is 0 Å². The van der Waals surface area contributed by atoms with Gasteiger partial charge in [-0.25, -0.2) is 4.79 Å². The zero-order valence-electron chi connectivity index (χ0n) is 11.1. The molecule has 0 unspecified atom stereocenters. The standard InChI is InChI=1S/C16H16O3/c1-4-11-9-14(17)13-8-10(3)6-7-12(13)16(11)19-15(18)5-2/h5-9,17H,2,4H2,1,3H3. The maximum atomic E-state index is 11.4. The molecule has 0 aliphatic rings. The molecule has 0 radical (unpaired) electrons. The first-order valence-electron chi connectivity index (χ1n) is 6.16. The molecule has 2 aromatic carbocycles. The Morgan fingerprint density at radius 3 is 2.74 bits per heavy atom. The number of ether oxygens (including phenoxy) is 1. The summed E-state index contributed by atoms with van der Waals surface area (Å²) >= 11 is 0. The van der Waals surface area contributed by atoms with Crippen molar-refractivity contribution in [2.24, 2.45) is 0 Å². The molecule has 0 saturated heterocycles. The van der Waals surface area contributed by atoms with E-state index in [0.717, 1.165) is 22.6 Å². The van der Waals surface area contributed by atoms with Crippen LogP contribution in [0.2, 0.25) is 0 Å². The fourth-order valence-electron chi connectivity index (χ4n) is 2.07. The summed E-state index contributed by atoms with van der Waals surface area (Å²) in [6, 6.07) is 7.30. The zero-order chi connectivity index (χ0) is 14.0. The quantitative estimate of drug-likeness (QED) is 0.519. The first-order chi connectivity index (χ1) is 9.06. The highest BCUT2D eigenvalue weighted by molar-refractivity contribution is 5.97. The zero-order valence-corrected chi connectivity index (χ0v) is 11.1. The third-order valence-electron chi connectivity index (χ3n) is 3.05. The summed E-state index contributed by atoms with van der Waals surface area (Å²) < 4.78 is 5.33. The van der Waals surface area contributed by atoms with Gasteiger partial charge in [-0.2, -0.15) is 0 Å². The van der Waals surface area contributed by atoms with Crippen LogP contribution in [-0.4, -0.2) is 11.1 Å². The van der Waals surface area contributed by atoms with Gasteiger partial charge >= 0.3 is 5.97 Å². The molecule has 0 fully saturated rings. The molecule has 2 rings (SSSR count). The van der Waals surface area contributed by atoms with E-state index in [1.54, 1.807) is 6.07 Å². The lowest BCUT2D eigenvalue weighted by Gasteiger charge is -2.13.